The molecule has 2 aliphatic rings. The van der Waals surface area contributed by atoms with Gasteiger partial charge in [0, 0.05) is 5.54 Å². The average molecular weight is 251 g/mol. The zero-order chi connectivity index (χ0) is 13.3. The van der Waals surface area contributed by atoms with E-state index in [1.165, 1.54) is 12.8 Å². The lowest BCUT2D eigenvalue weighted by molar-refractivity contribution is -0.121. The summed E-state index contributed by atoms with van der Waals surface area (Å²) in [7, 11) is 0. The van der Waals surface area contributed by atoms with Crippen molar-refractivity contribution in [2.24, 2.45) is 16.8 Å². The molecule has 1 saturated carbocycles. The lowest BCUT2D eigenvalue weighted by atomic mass is 9.79. The number of hydrogen-bond donors (Lipinski definition) is 2. The fraction of sp³-hybridized carbons (Fsp3) is 0.857. The van der Waals surface area contributed by atoms with E-state index >= 15 is 0 Å². The molecule has 1 aliphatic heterocycles. The van der Waals surface area contributed by atoms with E-state index in [0.717, 1.165) is 18.8 Å². The maximum absolute atomic E-state index is 12.0. The molecule has 2 rings (SSSR count). The molecule has 0 aromatic carbocycles. The monoisotopic (exact) mass is 251 g/mol. The van der Waals surface area contributed by atoms with Crippen LogP contribution in [0.1, 0.15) is 53.4 Å². The SMILES string of the molecule is CC1CCCC(C2N=C(NC(C)(C)C)NC2=O)C1. The Bertz CT molecular complexity index is 357. The number of hydrogen-bond acceptors (Lipinski definition) is 3. The molecule has 4 heteroatoms. The van der Waals surface area contributed by atoms with Crippen LogP contribution >= 0.6 is 0 Å². The van der Waals surface area contributed by atoms with Crippen LogP contribution in [0.15, 0.2) is 4.99 Å². The van der Waals surface area contributed by atoms with Gasteiger partial charge < -0.3 is 5.32 Å². The van der Waals surface area contributed by atoms with Crippen molar-refractivity contribution in [1.82, 2.24) is 10.6 Å². The molecule has 0 aromatic rings. The first-order valence-electron chi connectivity index (χ1n) is 7.02. The minimum atomic E-state index is -0.169. The molecule has 4 nitrogen and oxygen atoms in total. The highest BCUT2D eigenvalue weighted by molar-refractivity contribution is 6.05. The second-order valence-corrected chi connectivity index (χ2v) is 6.82. The first-order valence-corrected chi connectivity index (χ1v) is 7.02. The molecule has 0 radical (unpaired) electrons. The molecule has 102 valence electrons. The Labute approximate surface area is 110 Å². The number of nitrogens with one attached hydrogen (secondary N) is 2. The van der Waals surface area contributed by atoms with Crippen LogP contribution < -0.4 is 10.6 Å². The summed E-state index contributed by atoms with van der Waals surface area (Å²) < 4.78 is 0. The molecule has 18 heavy (non-hydrogen) atoms. The van der Waals surface area contributed by atoms with Crippen molar-refractivity contribution in [2.45, 2.75) is 65.0 Å². The molecule has 1 aliphatic carbocycles. The van der Waals surface area contributed by atoms with E-state index in [1.807, 2.05) is 0 Å². The van der Waals surface area contributed by atoms with Crippen LogP contribution in [0.4, 0.5) is 0 Å². The van der Waals surface area contributed by atoms with Crippen molar-refractivity contribution in [3.05, 3.63) is 0 Å². The zero-order valence-corrected chi connectivity index (χ0v) is 11.9. The van der Waals surface area contributed by atoms with E-state index in [1.54, 1.807) is 0 Å². The van der Waals surface area contributed by atoms with Gasteiger partial charge in [0.1, 0.15) is 6.04 Å². The molecule has 1 amide bonds. The normalized spacial score (nSPS) is 33.0. The van der Waals surface area contributed by atoms with Gasteiger partial charge in [-0.25, -0.2) is 4.99 Å². The first-order chi connectivity index (χ1) is 8.35. The Morgan fingerprint density at radius 3 is 2.67 bits per heavy atom. The van der Waals surface area contributed by atoms with E-state index in [9.17, 15) is 4.79 Å². The number of guanidine groups is 1. The largest absolute Gasteiger partial charge is 0.351 e. The fourth-order valence-corrected chi connectivity index (χ4v) is 2.93. The van der Waals surface area contributed by atoms with Gasteiger partial charge in [0.05, 0.1) is 0 Å². The van der Waals surface area contributed by atoms with Gasteiger partial charge >= 0.3 is 0 Å². The maximum atomic E-state index is 12.0. The summed E-state index contributed by atoms with van der Waals surface area (Å²) in [5.74, 6) is 1.87. The van der Waals surface area contributed by atoms with Gasteiger partial charge in [-0.3, -0.25) is 10.1 Å². The second kappa shape index (κ2) is 4.90. The summed E-state index contributed by atoms with van der Waals surface area (Å²) >= 11 is 0. The third-order valence-electron chi connectivity index (χ3n) is 3.70. The highest BCUT2D eigenvalue weighted by Crippen LogP contribution is 2.32. The molecule has 3 unspecified atom stereocenters. The Balaban J connectivity index is 2.02. The van der Waals surface area contributed by atoms with Crippen LogP contribution in [0, 0.1) is 11.8 Å². The Morgan fingerprint density at radius 2 is 2.06 bits per heavy atom. The van der Waals surface area contributed by atoms with Crippen molar-refractivity contribution in [1.29, 1.82) is 0 Å². The topological polar surface area (TPSA) is 53.5 Å². The van der Waals surface area contributed by atoms with Gasteiger partial charge in [0.2, 0.25) is 0 Å². The summed E-state index contributed by atoms with van der Waals surface area (Å²) in [4.78, 5) is 16.6. The van der Waals surface area contributed by atoms with Crippen LogP contribution in [0.3, 0.4) is 0 Å². The Kier molecular flexibility index (Phi) is 3.64. The van der Waals surface area contributed by atoms with Crippen LogP contribution in [-0.4, -0.2) is 23.4 Å². The number of nitrogens with zero attached hydrogens (tertiary/aromatic N) is 1. The molecule has 0 bridgehead atoms. The molecular weight excluding hydrogens is 226 g/mol. The summed E-state index contributed by atoms with van der Waals surface area (Å²) in [5, 5.41) is 6.12. The van der Waals surface area contributed by atoms with Crippen LogP contribution in [0.2, 0.25) is 0 Å². The predicted molar refractivity (Wildman–Crippen MR) is 73.4 cm³/mol. The summed E-state index contributed by atoms with van der Waals surface area (Å²) in [6, 6.07) is -0.169. The molecule has 1 fully saturated rings. The highest BCUT2D eigenvalue weighted by Gasteiger charge is 2.36. The number of aliphatic imine (C=N–C) groups is 1. The quantitative estimate of drug-likeness (QED) is 0.749. The number of carbonyl (C=O) groups excluding carboxylic acids is 1. The first kappa shape index (κ1) is 13.4. The van der Waals surface area contributed by atoms with Crippen LogP contribution in [-0.2, 0) is 4.79 Å². The number of carbonyl (C=O) groups is 1. The zero-order valence-electron chi connectivity index (χ0n) is 11.9. The molecular formula is C14H25N3O. The van der Waals surface area contributed by atoms with Gasteiger partial charge in [0.25, 0.3) is 5.91 Å². The fourth-order valence-electron chi connectivity index (χ4n) is 2.93. The Morgan fingerprint density at radius 1 is 1.33 bits per heavy atom. The van der Waals surface area contributed by atoms with Gasteiger partial charge in [-0.2, -0.15) is 0 Å². The van der Waals surface area contributed by atoms with E-state index < -0.39 is 0 Å². The lowest BCUT2D eigenvalue weighted by Gasteiger charge is -2.28. The van der Waals surface area contributed by atoms with Gasteiger partial charge in [-0.15, -0.1) is 0 Å². The second-order valence-electron chi connectivity index (χ2n) is 6.82. The minimum Gasteiger partial charge on any atom is -0.351 e. The molecule has 3 atom stereocenters. The lowest BCUT2D eigenvalue weighted by Crippen LogP contribution is -2.47. The smallest absolute Gasteiger partial charge is 0.251 e. The molecule has 0 aromatic heterocycles. The summed E-state index contributed by atoms with van der Waals surface area (Å²) in [6.45, 7) is 8.48. The van der Waals surface area contributed by atoms with E-state index in [4.69, 9.17) is 0 Å². The predicted octanol–water partition coefficient (Wildman–Crippen LogP) is 2.06. The third-order valence-corrected chi connectivity index (χ3v) is 3.70. The maximum Gasteiger partial charge on any atom is 0.251 e. The Hall–Kier alpha value is -1.06. The van der Waals surface area contributed by atoms with Crippen molar-refractivity contribution in [3.63, 3.8) is 0 Å². The van der Waals surface area contributed by atoms with Crippen molar-refractivity contribution < 1.29 is 4.79 Å². The third kappa shape index (κ3) is 3.24. The summed E-state index contributed by atoms with van der Waals surface area (Å²) in [6.07, 6.45) is 4.79. The summed E-state index contributed by atoms with van der Waals surface area (Å²) in [5.41, 5.74) is -0.0686. The molecule has 1 heterocycles. The molecule has 2 N–H and O–H groups in total. The molecule has 0 saturated heterocycles. The molecule has 0 spiro atoms. The number of rotatable bonds is 1. The van der Waals surface area contributed by atoms with Crippen molar-refractivity contribution in [3.8, 4) is 0 Å². The van der Waals surface area contributed by atoms with Crippen molar-refractivity contribution >= 4 is 11.9 Å². The van der Waals surface area contributed by atoms with Crippen LogP contribution in [0.25, 0.3) is 0 Å². The standard InChI is InChI=1S/C14H25N3O/c1-9-6-5-7-10(8-9)11-12(18)16-13(15-11)17-14(2,3)4/h9-11H,5-8H2,1-4H3,(H2,15,16,17,18). The van der Waals surface area contributed by atoms with Gasteiger partial charge in [-0.05, 0) is 45.4 Å². The minimum absolute atomic E-state index is 0.0686. The van der Waals surface area contributed by atoms with Gasteiger partial charge in [-0.1, -0.05) is 19.8 Å². The van der Waals surface area contributed by atoms with Crippen LogP contribution in [0.5, 0.6) is 0 Å². The van der Waals surface area contributed by atoms with E-state index in [-0.39, 0.29) is 17.5 Å². The highest BCUT2D eigenvalue weighted by atomic mass is 16.2. The van der Waals surface area contributed by atoms with E-state index in [0.29, 0.717) is 11.9 Å². The van der Waals surface area contributed by atoms with E-state index in [2.05, 4.69) is 43.3 Å². The van der Waals surface area contributed by atoms with Crippen molar-refractivity contribution in [2.75, 3.05) is 0 Å². The van der Waals surface area contributed by atoms with Gasteiger partial charge in [0.15, 0.2) is 5.96 Å². The average Bonchev–Trinajstić information content (AvgIpc) is 2.56. The number of amides is 1.